The van der Waals surface area contributed by atoms with Gasteiger partial charge in [-0.05, 0) is 36.4 Å². The highest BCUT2D eigenvalue weighted by atomic mass is 28.3. The maximum atomic E-state index is 13.1. The molecule has 174 valence electrons. The van der Waals surface area contributed by atoms with Gasteiger partial charge in [0, 0.05) is 18.8 Å². The van der Waals surface area contributed by atoms with Crippen LogP contribution >= 0.6 is 0 Å². The highest BCUT2D eigenvalue weighted by molar-refractivity contribution is 6.91. The lowest BCUT2D eigenvalue weighted by Crippen LogP contribution is -2.47. The summed E-state index contributed by atoms with van der Waals surface area (Å²) < 4.78 is 5.15. The number of Topliss-reactive ketones (excluding diaryl/α,β-unsaturated/α-hetero) is 1. The number of aryl methyl sites for hydroxylation is 1. The van der Waals surface area contributed by atoms with Crippen LogP contribution in [0.4, 0.5) is 0 Å². The van der Waals surface area contributed by atoms with Crippen LogP contribution in [-0.4, -0.2) is 32.2 Å². The summed E-state index contributed by atoms with van der Waals surface area (Å²) in [5, 5.41) is 1.29. The van der Waals surface area contributed by atoms with E-state index >= 15 is 0 Å². The second-order valence-electron chi connectivity index (χ2n) is 9.37. The number of rotatable bonds is 10. The normalized spacial score (nSPS) is 20.8. The Balaban J connectivity index is 1.81. The third-order valence-electron chi connectivity index (χ3n) is 6.91. The van der Waals surface area contributed by atoms with E-state index in [-0.39, 0.29) is 35.4 Å². The average molecular weight is 463 g/mol. The zero-order valence-corrected chi connectivity index (χ0v) is 20.8. The fourth-order valence-corrected chi connectivity index (χ4v) is 8.45. The summed E-state index contributed by atoms with van der Waals surface area (Å²) in [5.41, 5.74) is 1.26. The van der Waals surface area contributed by atoms with E-state index in [0.29, 0.717) is 25.9 Å². The van der Waals surface area contributed by atoms with Crippen LogP contribution in [0.15, 0.2) is 72.8 Å². The van der Waals surface area contributed by atoms with Crippen LogP contribution in [0, 0.1) is 11.8 Å². The molecule has 4 nitrogen and oxygen atoms in total. The van der Waals surface area contributed by atoms with Gasteiger partial charge in [0.2, 0.25) is 0 Å². The van der Waals surface area contributed by atoms with E-state index in [1.165, 1.54) is 5.19 Å². The van der Waals surface area contributed by atoms with E-state index in [1.54, 1.807) is 13.0 Å². The Morgan fingerprint density at radius 3 is 2.30 bits per heavy atom. The summed E-state index contributed by atoms with van der Waals surface area (Å²) in [6, 6.07) is 20.3. The van der Waals surface area contributed by atoms with Crippen LogP contribution in [0.3, 0.4) is 0 Å². The molecule has 0 aliphatic heterocycles. The number of ketones is 2. The molecule has 1 aliphatic rings. The van der Waals surface area contributed by atoms with Gasteiger partial charge in [0.25, 0.3) is 0 Å². The molecule has 1 saturated carbocycles. The summed E-state index contributed by atoms with van der Waals surface area (Å²) >= 11 is 0. The Hall–Kier alpha value is -2.79. The molecule has 2 aromatic rings. The maximum absolute atomic E-state index is 13.1. The number of ether oxygens (including phenoxy) is 1. The third-order valence-corrected chi connectivity index (χ3v) is 11.2. The van der Waals surface area contributed by atoms with Gasteiger partial charge in [0.1, 0.15) is 5.78 Å². The minimum atomic E-state index is -2.04. The number of benzene rings is 2. The van der Waals surface area contributed by atoms with Gasteiger partial charge in [-0.2, -0.15) is 0 Å². The van der Waals surface area contributed by atoms with E-state index < -0.39 is 14.0 Å². The highest BCUT2D eigenvalue weighted by Crippen LogP contribution is 2.47. The number of carbonyl (C=O) groups is 3. The van der Waals surface area contributed by atoms with Gasteiger partial charge in [0.15, 0.2) is 5.78 Å². The Kier molecular flexibility index (Phi) is 8.56. The van der Waals surface area contributed by atoms with Crippen LogP contribution in [0.5, 0.6) is 0 Å². The molecule has 0 bridgehead atoms. The average Bonchev–Trinajstić information content (AvgIpc) is 3.13. The van der Waals surface area contributed by atoms with Gasteiger partial charge in [0.05, 0.1) is 21.1 Å². The number of hydrogen-bond donors (Lipinski definition) is 0. The molecule has 0 spiro atoms. The maximum Gasteiger partial charge on any atom is 0.306 e. The monoisotopic (exact) mass is 462 g/mol. The van der Waals surface area contributed by atoms with Crippen molar-refractivity contribution >= 4 is 30.8 Å². The van der Waals surface area contributed by atoms with Crippen molar-refractivity contribution in [3.8, 4) is 0 Å². The minimum absolute atomic E-state index is 0.0472. The molecule has 5 heteroatoms. The van der Waals surface area contributed by atoms with E-state index in [0.717, 1.165) is 5.56 Å². The Bertz CT molecular complexity index is 981. The number of esters is 1. The molecule has 0 radical (unpaired) electrons. The second kappa shape index (κ2) is 11.4. The third kappa shape index (κ3) is 6.38. The van der Waals surface area contributed by atoms with Crippen molar-refractivity contribution in [3.63, 3.8) is 0 Å². The van der Waals surface area contributed by atoms with Crippen molar-refractivity contribution in [1.82, 2.24) is 0 Å². The SMILES string of the molecule is CCOC(=O)C[C@H]1C(=O)C[C@@H]([Si](C)(C)c2ccccc2)[C@@H]1/C=C/C(=O)CCc1ccccc1. The summed E-state index contributed by atoms with van der Waals surface area (Å²) in [4.78, 5) is 38.0. The van der Waals surface area contributed by atoms with E-state index in [1.807, 2.05) is 54.6 Å². The summed E-state index contributed by atoms with van der Waals surface area (Å²) in [5.74, 6) is -0.751. The van der Waals surface area contributed by atoms with E-state index in [9.17, 15) is 14.4 Å². The largest absolute Gasteiger partial charge is 0.466 e. The molecule has 0 saturated heterocycles. The van der Waals surface area contributed by atoms with Crippen LogP contribution in [0.25, 0.3) is 0 Å². The second-order valence-corrected chi connectivity index (χ2v) is 14.1. The van der Waals surface area contributed by atoms with Gasteiger partial charge in [-0.3, -0.25) is 14.4 Å². The van der Waals surface area contributed by atoms with Gasteiger partial charge < -0.3 is 4.74 Å². The molecule has 1 fully saturated rings. The minimum Gasteiger partial charge on any atom is -0.466 e. The Labute approximate surface area is 198 Å². The molecule has 3 rings (SSSR count). The number of hydrogen-bond acceptors (Lipinski definition) is 4. The fraction of sp³-hybridized carbons (Fsp3) is 0.393. The van der Waals surface area contributed by atoms with Gasteiger partial charge in [-0.15, -0.1) is 0 Å². The fourth-order valence-electron chi connectivity index (χ4n) is 4.95. The molecule has 0 amide bonds. The lowest BCUT2D eigenvalue weighted by Gasteiger charge is -2.34. The Morgan fingerprint density at radius 2 is 1.67 bits per heavy atom. The lowest BCUT2D eigenvalue weighted by atomic mass is 9.91. The molecule has 0 aromatic heterocycles. The first kappa shape index (κ1) is 24.8. The summed E-state index contributed by atoms with van der Waals surface area (Å²) in [6.07, 6.45) is 5.21. The molecule has 2 aromatic carbocycles. The predicted molar refractivity (Wildman–Crippen MR) is 134 cm³/mol. The number of allylic oxidation sites excluding steroid dienone is 2. The van der Waals surface area contributed by atoms with Crippen LogP contribution in [-0.2, 0) is 25.5 Å². The van der Waals surface area contributed by atoms with Crippen molar-refractivity contribution in [2.24, 2.45) is 11.8 Å². The van der Waals surface area contributed by atoms with Crippen LogP contribution < -0.4 is 5.19 Å². The van der Waals surface area contributed by atoms with Crippen LogP contribution in [0.2, 0.25) is 18.6 Å². The molecular formula is C28H34O4Si. The molecule has 33 heavy (non-hydrogen) atoms. The topological polar surface area (TPSA) is 60.4 Å². The molecule has 0 heterocycles. The standard InChI is InChI=1S/C28H34O4Si/c1-4-32-28(31)19-25-24(18-17-22(29)16-15-21-11-7-5-8-12-21)27(20-26(25)30)33(2,3)23-13-9-6-10-14-23/h5-14,17-18,24-25,27H,4,15-16,19-20H2,1-3H3/b18-17+/t24-,25-,27-/m1/s1. The highest BCUT2D eigenvalue weighted by Gasteiger charge is 2.49. The van der Waals surface area contributed by atoms with Gasteiger partial charge in [-0.1, -0.05) is 85.0 Å². The van der Waals surface area contributed by atoms with Crippen molar-refractivity contribution in [3.05, 3.63) is 78.4 Å². The molecule has 1 aliphatic carbocycles. The van der Waals surface area contributed by atoms with Crippen molar-refractivity contribution in [1.29, 1.82) is 0 Å². The molecule has 0 unspecified atom stereocenters. The predicted octanol–water partition coefficient (Wildman–Crippen LogP) is 4.89. The summed E-state index contributed by atoms with van der Waals surface area (Å²) in [7, 11) is -2.04. The van der Waals surface area contributed by atoms with Crippen molar-refractivity contribution in [2.75, 3.05) is 6.61 Å². The first-order valence-corrected chi connectivity index (χ1v) is 14.9. The number of carbonyl (C=O) groups excluding carboxylic acids is 3. The molecule has 0 N–H and O–H groups in total. The smallest absolute Gasteiger partial charge is 0.306 e. The first-order chi connectivity index (χ1) is 15.8. The van der Waals surface area contributed by atoms with Gasteiger partial charge >= 0.3 is 5.97 Å². The van der Waals surface area contributed by atoms with Crippen molar-refractivity contribution in [2.45, 2.75) is 51.2 Å². The zero-order valence-electron chi connectivity index (χ0n) is 19.8. The van der Waals surface area contributed by atoms with Crippen molar-refractivity contribution < 1.29 is 19.1 Å². The zero-order chi connectivity index (χ0) is 23.8. The summed E-state index contributed by atoms with van der Waals surface area (Å²) in [6.45, 7) is 6.63. The van der Waals surface area contributed by atoms with Gasteiger partial charge in [-0.25, -0.2) is 0 Å². The quantitative estimate of drug-likeness (QED) is 0.287. The van der Waals surface area contributed by atoms with E-state index in [4.69, 9.17) is 4.74 Å². The first-order valence-electron chi connectivity index (χ1n) is 11.8. The Morgan fingerprint density at radius 1 is 1.03 bits per heavy atom. The van der Waals surface area contributed by atoms with Crippen LogP contribution in [0.1, 0.15) is 31.7 Å². The van der Waals surface area contributed by atoms with E-state index in [2.05, 4.69) is 25.2 Å². The molecular weight excluding hydrogens is 428 g/mol. The lowest BCUT2D eigenvalue weighted by molar-refractivity contribution is -0.146. The molecule has 3 atom stereocenters.